The van der Waals surface area contributed by atoms with E-state index >= 15 is 0 Å². The number of hydrogen-bond donors (Lipinski definition) is 1. The Morgan fingerprint density at radius 1 is 1.30 bits per heavy atom. The Balaban J connectivity index is 2.19. The van der Waals surface area contributed by atoms with Crippen LogP contribution in [-0.4, -0.2) is 43.5 Å². The zero-order chi connectivity index (χ0) is 14.8. The van der Waals surface area contributed by atoms with Crippen LogP contribution in [0.1, 0.15) is 0 Å². The number of hydrogen-bond acceptors (Lipinski definition) is 4. The molecular weight excluding hydrogens is 278 g/mol. The predicted molar refractivity (Wildman–Crippen MR) is 77.8 cm³/mol. The maximum atomic E-state index is 11.9. The van der Waals surface area contributed by atoms with E-state index < -0.39 is 15.9 Å². The number of benzene rings is 1. The van der Waals surface area contributed by atoms with Crippen LogP contribution in [0.25, 0.3) is 10.9 Å². The number of carbonyl (C=O) groups is 1. The van der Waals surface area contributed by atoms with Gasteiger partial charge in [-0.15, -0.1) is 0 Å². The standard InChI is InChI=1S/C13H15N3O3S/c1-16(20(2,18)19)9-13(17)15-12-7-3-6-11-10(12)5-4-8-14-11/h3-8H,9H2,1-2H3,(H,15,17). The van der Waals surface area contributed by atoms with Gasteiger partial charge in [0.2, 0.25) is 15.9 Å². The number of sulfonamides is 1. The van der Waals surface area contributed by atoms with Crippen molar-refractivity contribution in [1.29, 1.82) is 0 Å². The lowest BCUT2D eigenvalue weighted by Crippen LogP contribution is -2.34. The Labute approximate surface area is 117 Å². The van der Waals surface area contributed by atoms with E-state index in [1.54, 1.807) is 24.4 Å². The van der Waals surface area contributed by atoms with Crippen LogP contribution in [0.4, 0.5) is 5.69 Å². The first-order chi connectivity index (χ1) is 9.38. The van der Waals surface area contributed by atoms with Crippen LogP contribution in [0, 0.1) is 0 Å². The molecule has 0 aliphatic rings. The Morgan fingerprint density at radius 3 is 2.75 bits per heavy atom. The fraction of sp³-hybridized carbons (Fsp3) is 0.231. The lowest BCUT2D eigenvalue weighted by molar-refractivity contribution is -0.116. The lowest BCUT2D eigenvalue weighted by Gasteiger charge is -2.14. The van der Waals surface area contributed by atoms with Gasteiger partial charge in [0.25, 0.3) is 0 Å². The molecule has 2 aromatic rings. The van der Waals surface area contributed by atoms with Crippen LogP contribution in [-0.2, 0) is 14.8 Å². The van der Waals surface area contributed by atoms with Crippen molar-refractivity contribution in [3.63, 3.8) is 0 Å². The van der Waals surface area contributed by atoms with Gasteiger partial charge in [-0.3, -0.25) is 9.78 Å². The zero-order valence-corrected chi connectivity index (χ0v) is 12.0. The van der Waals surface area contributed by atoms with Crippen LogP contribution in [0.15, 0.2) is 36.5 Å². The molecule has 0 atom stereocenters. The molecular formula is C13H15N3O3S. The monoisotopic (exact) mass is 293 g/mol. The van der Waals surface area contributed by atoms with Gasteiger partial charge in [-0.1, -0.05) is 6.07 Å². The van der Waals surface area contributed by atoms with E-state index in [1.807, 2.05) is 12.1 Å². The fourth-order valence-electron chi connectivity index (χ4n) is 1.72. The van der Waals surface area contributed by atoms with Gasteiger partial charge in [0.1, 0.15) is 0 Å². The number of fused-ring (bicyclic) bond motifs is 1. The Bertz CT molecular complexity index is 738. The number of rotatable bonds is 4. The molecule has 1 N–H and O–H groups in total. The molecule has 0 fully saturated rings. The lowest BCUT2D eigenvalue weighted by atomic mass is 10.2. The number of nitrogens with one attached hydrogen (secondary N) is 1. The van der Waals surface area contributed by atoms with Gasteiger partial charge in [-0.25, -0.2) is 8.42 Å². The highest BCUT2D eigenvalue weighted by atomic mass is 32.2. The summed E-state index contributed by atoms with van der Waals surface area (Å²) in [6.07, 6.45) is 2.73. The average molecular weight is 293 g/mol. The fourth-order valence-corrected chi connectivity index (χ4v) is 2.07. The Morgan fingerprint density at radius 2 is 2.05 bits per heavy atom. The maximum Gasteiger partial charge on any atom is 0.239 e. The second kappa shape index (κ2) is 5.56. The van der Waals surface area contributed by atoms with Crippen molar-refractivity contribution in [1.82, 2.24) is 9.29 Å². The summed E-state index contributed by atoms with van der Waals surface area (Å²) in [6.45, 7) is -0.227. The number of carbonyl (C=O) groups excluding carboxylic acids is 1. The van der Waals surface area contributed by atoms with E-state index in [2.05, 4.69) is 10.3 Å². The first kappa shape index (κ1) is 14.4. The molecule has 1 aromatic heterocycles. The highest BCUT2D eigenvalue weighted by Crippen LogP contribution is 2.21. The first-order valence-electron chi connectivity index (χ1n) is 5.93. The third-order valence-corrected chi connectivity index (χ3v) is 4.11. The minimum atomic E-state index is -3.37. The molecule has 106 valence electrons. The molecule has 1 amide bonds. The minimum absolute atomic E-state index is 0.227. The summed E-state index contributed by atoms with van der Waals surface area (Å²) in [5.74, 6) is -0.394. The SMILES string of the molecule is CN(CC(=O)Nc1cccc2ncccc12)S(C)(=O)=O. The van der Waals surface area contributed by atoms with E-state index in [4.69, 9.17) is 0 Å². The molecule has 0 bridgehead atoms. The molecule has 0 spiro atoms. The largest absolute Gasteiger partial charge is 0.324 e. The number of anilines is 1. The molecule has 0 aliphatic carbocycles. The Hall–Kier alpha value is -1.99. The second-order valence-electron chi connectivity index (χ2n) is 4.44. The van der Waals surface area contributed by atoms with Gasteiger partial charge in [-0.2, -0.15) is 4.31 Å². The minimum Gasteiger partial charge on any atom is -0.324 e. The molecule has 6 nitrogen and oxygen atoms in total. The molecule has 0 radical (unpaired) electrons. The number of amides is 1. The van der Waals surface area contributed by atoms with Crippen LogP contribution in [0.3, 0.4) is 0 Å². The van der Waals surface area contributed by atoms with Crippen molar-refractivity contribution >= 4 is 32.5 Å². The molecule has 2 rings (SSSR count). The number of pyridine rings is 1. The molecule has 1 aromatic carbocycles. The van der Waals surface area contributed by atoms with Crippen molar-refractivity contribution in [2.75, 3.05) is 25.2 Å². The molecule has 7 heteroatoms. The highest BCUT2D eigenvalue weighted by Gasteiger charge is 2.15. The smallest absolute Gasteiger partial charge is 0.239 e. The summed E-state index contributed by atoms with van der Waals surface area (Å²) in [7, 11) is -2.01. The highest BCUT2D eigenvalue weighted by molar-refractivity contribution is 7.88. The van der Waals surface area contributed by atoms with Crippen LogP contribution in [0.2, 0.25) is 0 Å². The number of likely N-dealkylation sites (N-methyl/N-ethyl adjacent to an activating group) is 1. The van der Waals surface area contributed by atoms with Gasteiger partial charge in [0.15, 0.2) is 0 Å². The third-order valence-electron chi connectivity index (χ3n) is 2.85. The van der Waals surface area contributed by atoms with Crippen molar-refractivity contribution < 1.29 is 13.2 Å². The van der Waals surface area contributed by atoms with Crippen LogP contribution in [0.5, 0.6) is 0 Å². The Kier molecular flexibility index (Phi) is 4.01. The molecule has 0 unspecified atom stereocenters. The molecule has 0 saturated carbocycles. The van der Waals surface area contributed by atoms with Crippen molar-refractivity contribution in [2.45, 2.75) is 0 Å². The van der Waals surface area contributed by atoms with Gasteiger partial charge in [0.05, 0.1) is 24.0 Å². The van der Waals surface area contributed by atoms with Gasteiger partial charge in [-0.05, 0) is 24.3 Å². The molecule has 1 heterocycles. The quantitative estimate of drug-likeness (QED) is 0.914. The predicted octanol–water partition coefficient (Wildman–Crippen LogP) is 1.06. The summed E-state index contributed by atoms with van der Waals surface area (Å²) in [6, 6.07) is 9.00. The first-order valence-corrected chi connectivity index (χ1v) is 7.77. The maximum absolute atomic E-state index is 11.9. The van der Waals surface area contributed by atoms with E-state index in [-0.39, 0.29) is 6.54 Å². The second-order valence-corrected chi connectivity index (χ2v) is 6.53. The molecule has 20 heavy (non-hydrogen) atoms. The number of aromatic nitrogens is 1. The van der Waals surface area contributed by atoms with E-state index in [0.29, 0.717) is 5.69 Å². The van der Waals surface area contributed by atoms with Crippen molar-refractivity contribution in [2.24, 2.45) is 0 Å². The van der Waals surface area contributed by atoms with Gasteiger partial charge >= 0.3 is 0 Å². The van der Waals surface area contributed by atoms with Crippen molar-refractivity contribution in [3.8, 4) is 0 Å². The summed E-state index contributed by atoms with van der Waals surface area (Å²) in [5, 5.41) is 3.51. The van der Waals surface area contributed by atoms with Gasteiger partial charge in [0, 0.05) is 18.6 Å². The normalized spacial score (nSPS) is 11.8. The van der Waals surface area contributed by atoms with Crippen molar-refractivity contribution in [3.05, 3.63) is 36.5 Å². The van der Waals surface area contributed by atoms with Gasteiger partial charge < -0.3 is 5.32 Å². The van der Waals surface area contributed by atoms with E-state index in [9.17, 15) is 13.2 Å². The third kappa shape index (κ3) is 3.31. The van der Waals surface area contributed by atoms with Crippen LogP contribution >= 0.6 is 0 Å². The van der Waals surface area contributed by atoms with E-state index in [1.165, 1.54) is 7.05 Å². The summed E-state index contributed by atoms with van der Waals surface area (Å²) < 4.78 is 23.5. The molecule has 0 aliphatic heterocycles. The average Bonchev–Trinajstić information content (AvgIpc) is 2.38. The van der Waals surface area contributed by atoms with Crippen LogP contribution < -0.4 is 5.32 Å². The topological polar surface area (TPSA) is 79.4 Å². The summed E-state index contributed by atoms with van der Waals surface area (Å²) in [5.41, 5.74) is 1.38. The zero-order valence-electron chi connectivity index (χ0n) is 11.2. The summed E-state index contributed by atoms with van der Waals surface area (Å²) in [4.78, 5) is 16.1. The van der Waals surface area contributed by atoms with E-state index in [0.717, 1.165) is 21.5 Å². The summed E-state index contributed by atoms with van der Waals surface area (Å²) >= 11 is 0. The molecule has 0 saturated heterocycles. The number of nitrogens with zero attached hydrogens (tertiary/aromatic N) is 2.